The molecule has 0 aliphatic carbocycles. The van der Waals surface area contributed by atoms with Crippen molar-refractivity contribution >= 4 is 11.9 Å². The molecule has 20 heavy (non-hydrogen) atoms. The standard InChI is InChI=1S/C14H18N2O4/c1-4-5-12(14(18)20-3)15-16-13(17)10-6-8-11(19-2)9-7-10/h4,6-9,12,15H,1,5H2,2-3H3,(H,16,17)/t12-/m1/s1. The maximum Gasteiger partial charge on any atom is 0.324 e. The molecule has 0 fully saturated rings. The van der Waals surface area contributed by atoms with Crippen LogP contribution in [0.4, 0.5) is 0 Å². The first-order chi connectivity index (χ1) is 9.62. The maximum atomic E-state index is 11.9. The van der Waals surface area contributed by atoms with Gasteiger partial charge < -0.3 is 9.47 Å². The SMILES string of the molecule is C=CC[C@@H](NNC(=O)c1ccc(OC)cc1)C(=O)OC. The highest BCUT2D eigenvalue weighted by atomic mass is 16.5. The topological polar surface area (TPSA) is 76.7 Å². The van der Waals surface area contributed by atoms with Crippen molar-refractivity contribution in [2.75, 3.05) is 14.2 Å². The van der Waals surface area contributed by atoms with Gasteiger partial charge in [-0.2, -0.15) is 0 Å². The minimum atomic E-state index is -0.667. The van der Waals surface area contributed by atoms with Crippen LogP contribution in [-0.4, -0.2) is 32.1 Å². The summed E-state index contributed by atoms with van der Waals surface area (Å²) in [6, 6.07) is 5.93. The average Bonchev–Trinajstić information content (AvgIpc) is 2.50. The van der Waals surface area contributed by atoms with Crippen LogP contribution >= 0.6 is 0 Å². The van der Waals surface area contributed by atoms with Crippen molar-refractivity contribution < 1.29 is 19.1 Å². The molecule has 0 heterocycles. The Kier molecular flexibility index (Phi) is 6.25. The Morgan fingerprint density at radius 3 is 2.45 bits per heavy atom. The van der Waals surface area contributed by atoms with E-state index in [2.05, 4.69) is 22.2 Å². The van der Waals surface area contributed by atoms with Crippen molar-refractivity contribution in [3.05, 3.63) is 42.5 Å². The summed E-state index contributed by atoms with van der Waals surface area (Å²) in [5.74, 6) is -0.167. The fourth-order valence-electron chi connectivity index (χ4n) is 1.49. The van der Waals surface area contributed by atoms with Crippen LogP contribution in [0, 0.1) is 0 Å². The van der Waals surface area contributed by atoms with E-state index in [4.69, 9.17) is 4.74 Å². The van der Waals surface area contributed by atoms with Gasteiger partial charge in [0.05, 0.1) is 14.2 Å². The molecule has 0 spiro atoms. The zero-order valence-corrected chi connectivity index (χ0v) is 11.5. The molecule has 6 heteroatoms. The van der Waals surface area contributed by atoms with Crippen molar-refractivity contribution in [2.45, 2.75) is 12.5 Å². The Morgan fingerprint density at radius 2 is 1.95 bits per heavy atom. The number of nitrogens with one attached hydrogen (secondary N) is 2. The third-order valence-corrected chi connectivity index (χ3v) is 2.60. The number of esters is 1. The van der Waals surface area contributed by atoms with Crippen molar-refractivity contribution in [1.82, 2.24) is 10.9 Å². The van der Waals surface area contributed by atoms with Crippen molar-refractivity contribution in [1.29, 1.82) is 0 Å². The number of rotatable bonds is 7. The number of carbonyl (C=O) groups excluding carboxylic acids is 2. The number of ether oxygens (including phenoxy) is 2. The van der Waals surface area contributed by atoms with Gasteiger partial charge in [-0.3, -0.25) is 15.0 Å². The van der Waals surface area contributed by atoms with Crippen LogP contribution in [0.3, 0.4) is 0 Å². The van der Waals surface area contributed by atoms with Gasteiger partial charge >= 0.3 is 5.97 Å². The van der Waals surface area contributed by atoms with E-state index in [1.807, 2.05) is 0 Å². The maximum absolute atomic E-state index is 11.9. The van der Waals surface area contributed by atoms with Gasteiger partial charge in [-0.05, 0) is 30.7 Å². The van der Waals surface area contributed by atoms with Crippen LogP contribution in [0.15, 0.2) is 36.9 Å². The predicted octanol–water partition coefficient (Wildman–Crippen LogP) is 1.05. The Bertz CT molecular complexity index is 471. The Hall–Kier alpha value is -2.34. The summed E-state index contributed by atoms with van der Waals surface area (Å²) in [7, 11) is 2.83. The van der Waals surface area contributed by atoms with Crippen LogP contribution in [0.2, 0.25) is 0 Å². The lowest BCUT2D eigenvalue weighted by Crippen LogP contribution is -2.48. The molecule has 1 rings (SSSR count). The summed E-state index contributed by atoms with van der Waals surface area (Å²) in [6.07, 6.45) is 1.91. The summed E-state index contributed by atoms with van der Waals surface area (Å²) in [6.45, 7) is 3.55. The summed E-state index contributed by atoms with van der Waals surface area (Å²) >= 11 is 0. The van der Waals surface area contributed by atoms with E-state index >= 15 is 0 Å². The molecule has 6 nitrogen and oxygen atoms in total. The van der Waals surface area contributed by atoms with E-state index in [1.54, 1.807) is 37.5 Å². The zero-order valence-electron chi connectivity index (χ0n) is 11.5. The molecule has 2 N–H and O–H groups in total. The second-order valence-corrected chi connectivity index (χ2v) is 3.93. The summed E-state index contributed by atoms with van der Waals surface area (Å²) in [4.78, 5) is 23.3. The molecule has 1 amide bonds. The van der Waals surface area contributed by atoms with Gasteiger partial charge in [-0.1, -0.05) is 6.08 Å². The second-order valence-electron chi connectivity index (χ2n) is 3.93. The minimum Gasteiger partial charge on any atom is -0.497 e. The lowest BCUT2D eigenvalue weighted by Gasteiger charge is -2.15. The van der Waals surface area contributed by atoms with Crippen molar-refractivity contribution in [3.63, 3.8) is 0 Å². The Balaban J connectivity index is 2.59. The third-order valence-electron chi connectivity index (χ3n) is 2.60. The van der Waals surface area contributed by atoms with E-state index < -0.39 is 12.0 Å². The lowest BCUT2D eigenvalue weighted by atomic mass is 10.2. The Morgan fingerprint density at radius 1 is 1.30 bits per heavy atom. The normalized spacial score (nSPS) is 11.3. The van der Waals surface area contributed by atoms with E-state index in [9.17, 15) is 9.59 Å². The lowest BCUT2D eigenvalue weighted by molar-refractivity contribution is -0.143. The van der Waals surface area contributed by atoms with Gasteiger partial charge in [-0.25, -0.2) is 5.43 Å². The molecule has 0 radical (unpaired) electrons. The van der Waals surface area contributed by atoms with Crippen LogP contribution in [0.25, 0.3) is 0 Å². The van der Waals surface area contributed by atoms with Crippen LogP contribution in [-0.2, 0) is 9.53 Å². The van der Waals surface area contributed by atoms with Gasteiger partial charge in [0.25, 0.3) is 5.91 Å². The molecule has 0 unspecified atom stereocenters. The highest BCUT2D eigenvalue weighted by molar-refractivity contribution is 5.94. The highest BCUT2D eigenvalue weighted by Gasteiger charge is 2.18. The van der Waals surface area contributed by atoms with Gasteiger partial charge in [0.1, 0.15) is 11.8 Å². The highest BCUT2D eigenvalue weighted by Crippen LogP contribution is 2.10. The molecule has 1 aromatic carbocycles. The average molecular weight is 278 g/mol. The third kappa shape index (κ3) is 4.40. The molecule has 0 aliphatic heterocycles. The fraction of sp³-hybridized carbons (Fsp3) is 0.286. The molecule has 0 saturated carbocycles. The smallest absolute Gasteiger partial charge is 0.324 e. The number of hydrazine groups is 1. The van der Waals surface area contributed by atoms with E-state index in [0.29, 0.717) is 17.7 Å². The van der Waals surface area contributed by atoms with Crippen molar-refractivity contribution in [2.24, 2.45) is 0 Å². The number of carbonyl (C=O) groups is 2. The monoisotopic (exact) mass is 278 g/mol. The number of amides is 1. The number of methoxy groups -OCH3 is 2. The first-order valence-corrected chi connectivity index (χ1v) is 6.01. The molecular weight excluding hydrogens is 260 g/mol. The molecular formula is C14H18N2O4. The number of hydrogen-bond acceptors (Lipinski definition) is 5. The summed E-state index contributed by atoms with van der Waals surface area (Å²) < 4.78 is 9.62. The fourth-order valence-corrected chi connectivity index (χ4v) is 1.49. The molecule has 0 aromatic heterocycles. The van der Waals surface area contributed by atoms with Gasteiger partial charge in [0, 0.05) is 5.56 Å². The largest absolute Gasteiger partial charge is 0.497 e. The van der Waals surface area contributed by atoms with Gasteiger partial charge in [0.15, 0.2) is 0 Å². The molecule has 108 valence electrons. The van der Waals surface area contributed by atoms with Crippen LogP contribution in [0.5, 0.6) is 5.75 Å². The van der Waals surface area contributed by atoms with Gasteiger partial charge in [-0.15, -0.1) is 6.58 Å². The Labute approximate surface area is 117 Å². The van der Waals surface area contributed by atoms with Crippen LogP contribution in [0.1, 0.15) is 16.8 Å². The van der Waals surface area contributed by atoms with E-state index in [1.165, 1.54) is 7.11 Å². The first kappa shape index (κ1) is 15.7. The van der Waals surface area contributed by atoms with Crippen molar-refractivity contribution in [3.8, 4) is 5.75 Å². The first-order valence-electron chi connectivity index (χ1n) is 6.01. The zero-order chi connectivity index (χ0) is 15.0. The van der Waals surface area contributed by atoms with E-state index in [-0.39, 0.29) is 5.91 Å². The number of benzene rings is 1. The number of hydrogen-bond donors (Lipinski definition) is 2. The molecule has 1 aromatic rings. The molecule has 0 bridgehead atoms. The molecule has 0 aliphatic rings. The molecule has 0 saturated heterocycles. The summed E-state index contributed by atoms with van der Waals surface area (Å²) in [5, 5.41) is 0. The second kappa shape index (κ2) is 7.96. The molecule has 1 atom stereocenters. The minimum absolute atomic E-state index is 0.343. The van der Waals surface area contributed by atoms with Crippen LogP contribution < -0.4 is 15.6 Å². The predicted molar refractivity (Wildman–Crippen MR) is 74.2 cm³/mol. The van der Waals surface area contributed by atoms with E-state index in [0.717, 1.165) is 0 Å². The summed E-state index contributed by atoms with van der Waals surface area (Å²) in [5.41, 5.74) is 5.52. The van der Waals surface area contributed by atoms with Gasteiger partial charge in [0.2, 0.25) is 0 Å². The quantitative estimate of drug-likeness (QED) is 0.443.